The zero-order chi connectivity index (χ0) is 14.5. The summed E-state index contributed by atoms with van der Waals surface area (Å²) < 4.78 is 5.72. The Balaban J connectivity index is 1.90. The van der Waals surface area contributed by atoms with Gasteiger partial charge in [-0.05, 0) is 56.2 Å². The molecule has 2 rings (SSSR count). The molecule has 0 radical (unpaired) electrons. The van der Waals surface area contributed by atoms with Crippen LogP contribution in [0.5, 0.6) is 5.75 Å². The number of hydrogen-bond donors (Lipinski definition) is 0. The van der Waals surface area contributed by atoms with Crippen LogP contribution >= 0.6 is 0 Å². The van der Waals surface area contributed by atoms with Crippen LogP contribution in [0.25, 0.3) is 0 Å². The third kappa shape index (κ3) is 4.26. The maximum Gasteiger partial charge on any atom is 0.260 e. The molecule has 110 valence electrons. The van der Waals surface area contributed by atoms with E-state index in [2.05, 4.69) is 13.0 Å². The molecule has 0 N–H and O–H groups in total. The Kier molecular flexibility index (Phi) is 5.05. The van der Waals surface area contributed by atoms with E-state index in [9.17, 15) is 4.79 Å². The fourth-order valence-corrected chi connectivity index (χ4v) is 2.29. The SMILES string of the molecule is CCCN(CC1CC1)C(=O)COc1cc(C)ccc1C. The Labute approximate surface area is 121 Å². The van der Waals surface area contributed by atoms with Gasteiger partial charge in [0.15, 0.2) is 6.61 Å². The van der Waals surface area contributed by atoms with Crippen molar-refractivity contribution in [3.05, 3.63) is 29.3 Å². The maximum absolute atomic E-state index is 12.3. The third-order valence-electron chi connectivity index (χ3n) is 3.72. The average molecular weight is 275 g/mol. The quantitative estimate of drug-likeness (QED) is 0.764. The lowest BCUT2D eigenvalue weighted by Gasteiger charge is -2.22. The van der Waals surface area contributed by atoms with Crippen molar-refractivity contribution < 1.29 is 9.53 Å². The smallest absolute Gasteiger partial charge is 0.260 e. The number of aryl methyl sites for hydroxylation is 2. The predicted octanol–water partition coefficient (Wildman–Crippen LogP) is 3.33. The predicted molar refractivity (Wildman–Crippen MR) is 81.0 cm³/mol. The summed E-state index contributed by atoms with van der Waals surface area (Å²) in [5.74, 6) is 1.66. The minimum Gasteiger partial charge on any atom is -0.483 e. The summed E-state index contributed by atoms with van der Waals surface area (Å²) in [4.78, 5) is 14.2. The van der Waals surface area contributed by atoms with Crippen molar-refractivity contribution >= 4 is 5.91 Å². The number of hydrogen-bond acceptors (Lipinski definition) is 2. The molecular formula is C17H25NO2. The van der Waals surface area contributed by atoms with E-state index in [4.69, 9.17) is 4.74 Å². The summed E-state index contributed by atoms with van der Waals surface area (Å²) in [6.07, 6.45) is 3.54. The van der Waals surface area contributed by atoms with E-state index < -0.39 is 0 Å². The first-order valence-corrected chi connectivity index (χ1v) is 7.58. The van der Waals surface area contributed by atoms with Crippen LogP contribution in [0.15, 0.2) is 18.2 Å². The van der Waals surface area contributed by atoms with E-state index >= 15 is 0 Å². The van der Waals surface area contributed by atoms with Crippen molar-refractivity contribution in [2.75, 3.05) is 19.7 Å². The molecule has 0 atom stereocenters. The molecule has 0 spiro atoms. The van der Waals surface area contributed by atoms with Crippen LogP contribution in [0.3, 0.4) is 0 Å². The van der Waals surface area contributed by atoms with Gasteiger partial charge >= 0.3 is 0 Å². The highest BCUT2D eigenvalue weighted by Gasteiger charge is 2.26. The van der Waals surface area contributed by atoms with Gasteiger partial charge < -0.3 is 9.64 Å². The van der Waals surface area contributed by atoms with E-state index in [1.807, 2.05) is 30.9 Å². The van der Waals surface area contributed by atoms with E-state index in [0.717, 1.165) is 42.3 Å². The van der Waals surface area contributed by atoms with Gasteiger partial charge in [0.05, 0.1) is 0 Å². The molecule has 1 aliphatic carbocycles. The molecule has 0 unspecified atom stereocenters. The summed E-state index contributed by atoms with van der Waals surface area (Å²) in [6.45, 7) is 8.04. The Morgan fingerprint density at radius 1 is 1.35 bits per heavy atom. The number of nitrogens with zero attached hydrogens (tertiary/aromatic N) is 1. The van der Waals surface area contributed by atoms with Crippen LogP contribution in [0.4, 0.5) is 0 Å². The van der Waals surface area contributed by atoms with Crippen LogP contribution in [0.2, 0.25) is 0 Å². The van der Waals surface area contributed by atoms with Crippen LogP contribution in [-0.2, 0) is 4.79 Å². The van der Waals surface area contributed by atoms with Gasteiger partial charge in [-0.15, -0.1) is 0 Å². The molecular weight excluding hydrogens is 250 g/mol. The molecule has 1 aliphatic rings. The fraction of sp³-hybridized carbons (Fsp3) is 0.588. The van der Waals surface area contributed by atoms with Crippen molar-refractivity contribution in [3.63, 3.8) is 0 Å². The van der Waals surface area contributed by atoms with Gasteiger partial charge in [-0.1, -0.05) is 19.1 Å². The molecule has 1 aromatic rings. The molecule has 1 amide bonds. The molecule has 0 heterocycles. The summed E-state index contributed by atoms with van der Waals surface area (Å²) in [6, 6.07) is 6.08. The normalized spacial score (nSPS) is 14.2. The summed E-state index contributed by atoms with van der Waals surface area (Å²) in [5.41, 5.74) is 2.23. The molecule has 1 fully saturated rings. The first-order valence-electron chi connectivity index (χ1n) is 7.58. The molecule has 3 nitrogen and oxygen atoms in total. The minimum atomic E-state index is 0.111. The van der Waals surface area contributed by atoms with Crippen LogP contribution in [0.1, 0.15) is 37.3 Å². The van der Waals surface area contributed by atoms with Crippen molar-refractivity contribution in [3.8, 4) is 5.75 Å². The molecule has 0 saturated heterocycles. The van der Waals surface area contributed by atoms with Crippen molar-refractivity contribution in [2.45, 2.75) is 40.0 Å². The van der Waals surface area contributed by atoms with Crippen LogP contribution in [0, 0.1) is 19.8 Å². The highest BCUT2D eigenvalue weighted by Crippen LogP contribution is 2.29. The fourth-order valence-electron chi connectivity index (χ4n) is 2.29. The number of rotatable bonds is 7. The number of benzene rings is 1. The average Bonchev–Trinajstić information content (AvgIpc) is 3.23. The third-order valence-corrected chi connectivity index (χ3v) is 3.72. The lowest BCUT2D eigenvalue weighted by Crippen LogP contribution is -2.37. The van der Waals surface area contributed by atoms with Gasteiger partial charge in [0.2, 0.25) is 0 Å². The van der Waals surface area contributed by atoms with Crippen molar-refractivity contribution in [1.29, 1.82) is 0 Å². The van der Waals surface area contributed by atoms with Gasteiger partial charge in [0, 0.05) is 13.1 Å². The standard InChI is InChI=1S/C17H25NO2/c1-4-9-18(11-15-7-8-15)17(19)12-20-16-10-13(2)5-6-14(16)3/h5-6,10,15H,4,7-9,11-12H2,1-3H3. The molecule has 3 heteroatoms. The van der Waals surface area contributed by atoms with Gasteiger partial charge in [0.25, 0.3) is 5.91 Å². The summed E-state index contributed by atoms with van der Waals surface area (Å²) >= 11 is 0. The number of amides is 1. The number of carbonyl (C=O) groups excluding carboxylic acids is 1. The second-order valence-electron chi connectivity index (χ2n) is 5.84. The van der Waals surface area contributed by atoms with E-state index in [1.165, 1.54) is 12.8 Å². The first-order chi connectivity index (χ1) is 9.60. The van der Waals surface area contributed by atoms with E-state index in [0.29, 0.717) is 0 Å². The summed E-state index contributed by atoms with van der Waals surface area (Å²) in [5, 5.41) is 0. The monoisotopic (exact) mass is 275 g/mol. The highest BCUT2D eigenvalue weighted by molar-refractivity contribution is 5.77. The largest absolute Gasteiger partial charge is 0.483 e. The number of ether oxygens (including phenoxy) is 1. The van der Waals surface area contributed by atoms with Gasteiger partial charge in [-0.3, -0.25) is 4.79 Å². The topological polar surface area (TPSA) is 29.5 Å². The molecule has 0 aliphatic heterocycles. The van der Waals surface area contributed by atoms with E-state index in [-0.39, 0.29) is 12.5 Å². The Bertz CT molecular complexity index is 466. The lowest BCUT2D eigenvalue weighted by atomic mass is 10.1. The molecule has 20 heavy (non-hydrogen) atoms. The Hall–Kier alpha value is -1.51. The molecule has 1 aromatic carbocycles. The molecule has 0 aromatic heterocycles. The van der Waals surface area contributed by atoms with Crippen LogP contribution in [-0.4, -0.2) is 30.5 Å². The minimum absolute atomic E-state index is 0.111. The molecule has 1 saturated carbocycles. The van der Waals surface area contributed by atoms with E-state index in [1.54, 1.807) is 0 Å². The number of carbonyl (C=O) groups is 1. The van der Waals surface area contributed by atoms with Crippen molar-refractivity contribution in [1.82, 2.24) is 4.90 Å². The lowest BCUT2D eigenvalue weighted by molar-refractivity contribution is -0.133. The second kappa shape index (κ2) is 6.78. The van der Waals surface area contributed by atoms with Gasteiger partial charge in [0.1, 0.15) is 5.75 Å². The van der Waals surface area contributed by atoms with Gasteiger partial charge in [-0.25, -0.2) is 0 Å². The van der Waals surface area contributed by atoms with Crippen LogP contribution < -0.4 is 4.74 Å². The maximum atomic E-state index is 12.3. The summed E-state index contributed by atoms with van der Waals surface area (Å²) in [7, 11) is 0. The highest BCUT2D eigenvalue weighted by atomic mass is 16.5. The zero-order valence-electron chi connectivity index (χ0n) is 12.8. The zero-order valence-corrected chi connectivity index (χ0v) is 12.8. The Morgan fingerprint density at radius 2 is 2.10 bits per heavy atom. The first kappa shape index (κ1) is 14.9. The van der Waals surface area contributed by atoms with Gasteiger partial charge in [-0.2, -0.15) is 0 Å². The second-order valence-corrected chi connectivity index (χ2v) is 5.84. The molecule has 0 bridgehead atoms. The van der Waals surface area contributed by atoms with Crippen molar-refractivity contribution in [2.24, 2.45) is 5.92 Å². The Morgan fingerprint density at radius 3 is 2.75 bits per heavy atom.